The van der Waals surface area contributed by atoms with E-state index in [4.69, 9.17) is 16.3 Å². The summed E-state index contributed by atoms with van der Waals surface area (Å²) in [7, 11) is 1.51. The summed E-state index contributed by atoms with van der Waals surface area (Å²) in [5, 5.41) is 3.26. The second-order valence-corrected chi connectivity index (χ2v) is 9.51. The number of aromatic nitrogens is 2. The molecule has 2 aliphatic rings. The maximum atomic E-state index is 14.2. The number of nitrogens with one attached hydrogen (secondary N) is 2. The highest BCUT2D eigenvalue weighted by Crippen LogP contribution is 2.36. The van der Waals surface area contributed by atoms with E-state index >= 15 is 0 Å². The molecule has 0 spiro atoms. The second kappa shape index (κ2) is 10.4. The van der Waals surface area contributed by atoms with Gasteiger partial charge in [-0.3, -0.25) is 24.7 Å². The quantitative estimate of drug-likeness (QED) is 0.367. The van der Waals surface area contributed by atoms with Crippen LogP contribution in [0.15, 0.2) is 55.4 Å². The molecule has 1 aromatic carbocycles. The molecule has 0 aliphatic carbocycles. The lowest BCUT2D eigenvalue weighted by Crippen LogP contribution is -2.34. The van der Waals surface area contributed by atoms with E-state index in [-0.39, 0.29) is 5.91 Å². The number of hydrogen-bond acceptors (Lipinski definition) is 5. The Kier molecular flexibility index (Phi) is 7.02. The van der Waals surface area contributed by atoms with Crippen molar-refractivity contribution >= 4 is 29.1 Å². The van der Waals surface area contributed by atoms with Gasteiger partial charge in [0, 0.05) is 37.3 Å². The molecule has 0 unspecified atom stereocenters. The Morgan fingerprint density at radius 2 is 2.18 bits per heavy atom. The standard InChI is InChI=1S/C28H24ClF2N5O3/c1-3-25(37)35-16-28(30,31)14-18(35)8-7-17-15-32-11-9-19(17)24-13-20-23(10-12-33-27(20)38)36(24)34-22-6-4-5-21(29)26(22)39-2/h3-6,9,11,13,15,18,34H,1,10,12,14,16H2,2H3,(H,33,38)/t18-/m0/s1. The number of halogens is 3. The first-order valence-electron chi connectivity index (χ1n) is 12.1. The monoisotopic (exact) mass is 551 g/mol. The fraction of sp³-hybridized carbons (Fsp3) is 0.250. The minimum atomic E-state index is -3.04. The van der Waals surface area contributed by atoms with Crippen LogP contribution in [0.25, 0.3) is 11.3 Å². The number of hydrogen-bond donors (Lipinski definition) is 2. The summed E-state index contributed by atoms with van der Waals surface area (Å²) in [6.07, 6.45) is 4.08. The third-order valence-corrected chi connectivity index (χ3v) is 6.89. The van der Waals surface area contributed by atoms with Gasteiger partial charge in [0.2, 0.25) is 5.91 Å². The Hall–Kier alpha value is -4.36. The van der Waals surface area contributed by atoms with Gasteiger partial charge in [-0.25, -0.2) is 8.78 Å². The summed E-state index contributed by atoms with van der Waals surface area (Å²) in [6.45, 7) is 3.14. The van der Waals surface area contributed by atoms with E-state index in [1.54, 1.807) is 41.2 Å². The molecule has 5 rings (SSSR count). The molecule has 200 valence electrons. The van der Waals surface area contributed by atoms with E-state index in [1.165, 1.54) is 13.3 Å². The zero-order valence-corrected chi connectivity index (χ0v) is 21.7. The van der Waals surface area contributed by atoms with Gasteiger partial charge in [0.15, 0.2) is 5.75 Å². The summed E-state index contributed by atoms with van der Waals surface area (Å²) in [4.78, 5) is 30.1. The number of pyridine rings is 1. The number of alkyl halides is 2. The van der Waals surface area contributed by atoms with Gasteiger partial charge in [0.1, 0.15) is 0 Å². The average Bonchev–Trinajstić information content (AvgIpc) is 3.44. The van der Waals surface area contributed by atoms with Crippen molar-refractivity contribution in [2.75, 3.05) is 25.6 Å². The first-order chi connectivity index (χ1) is 18.7. The topological polar surface area (TPSA) is 88.5 Å². The predicted octanol–water partition coefficient (Wildman–Crippen LogP) is 4.15. The molecule has 2 amide bonds. The summed E-state index contributed by atoms with van der Waals surface area (Å²) in [6, 6.07) is 7.75. The van der Waals surface area contributed by atoms with Gasteiger partial charge < -0.3 is 15.0 Å². The maximum absolute atomic E-state index is 14.2. The molecule has 2 aromatic heterocycles. The Bertz CT molecular complexity index is 1540. The molecule has 4 heterocycles. The average molecular weight is 552 g/mol. The molecule has 8 nitrogen and oxygen atoms in total. The van der Waals surface area contributed by atoms with E-state index in [0.717, 1.165) is 16.7 Å². The number of methoxy groups -OCH3 is 1. The van der Waals surface area contributed by atoms with Crippen molar-refractivity contribution in [3.63, 3.8) is 0 Å². The molecule has 2 N–H and O–H groups in total. The Morgan fingerprint density at radius 3 is 2.95 bits per heavy atom. The highest BCUT2D eigenvalue weighted by molar-refractivity contribution is 6.32. The third kappa shape index (κ3) is 5.05. The number of fused-ring (bicyclic) bond motifs is 1. The van der Waals surface area contributed by atoms with Crippen LogP contribution in [-0.4, -0.2) is 58.5 Å². The van der Waals surface area contributed by atoms with Gasteiger partial charge >= 0.3 is 0 Å². The second-order valence-electron chi connectivity index (χ2n) is 9.10. The molecule has 11 heteroatoms. The van der Waals surface area contributed by atoms with Crippen LogP contribution in [0.1, 0.15) is 28.0 Å². The molecule has 39 heavy (non-hydrogen) atoms. The molecule has 0 saturated carbocycles. The van der Waals surface area contributed by atoms with Crippen LogP contribution in [0.2, 0.25) is 5.02 Å². The van der Waals surface area contributed by atoms with Crippen LogP contribution in [-0.2, 0) is 11.2 Å². The van der Waals surface area contributed by atoms with E-state index in [0.29, 0.717) is 51.8 Å². The third-order valence-electron chi connectivity index (χ3n) is 6.60. The summed E-state index contributed by atoms with van der Waals surface area (Å²) >= 11 is 6.33. The Morgan fingerprint density at radius 1 is 1.36 bits per heavy atom. The minimum absolute atomic E-state index is 0.218. The number of rotatable bonds is 5. The first kappa shape index (κ1) is 26.3. The summed E-state index contributed by atoms with van der Waals surface area (Å²) in [5.74, 6) is 2.35. The van der Waals surface area contributed by atoms with Crippen LogP contribution in [0.5, 0.6) is 5.75 Å². The van der Waals surface area contributed by atoms with Gasteiger partial charge in [-0.1, -0.05) is 36.1 Å². The molecule has 1 atom stereocenters. The van der Waals surface area contributed by atoms with Crippen molar-refractivity contribution in [2.45, 2.75) is 24.8 Å². The van der Waals surface area contributed by atoms with Gasteiger partial charge in [0.05, 0.1) is 52.9 Å². The van der Waals surface area contributed by atoms with Crippen LogP contribution in [0, 0.1) is 11.8 Å². The lowest BCUT2D eigenvalue weighted by molar-refractivity contribution is -0.127. The van der Waals surface area contributed by atoms with Crippen LogP contribution in [0.3, 0.4) is 0 Å². The molecular formula is C28H24ClF2N5O3. The van der Waals surface area contributed by atoms with Gasteiger partial charge in [-0.05, 0) is 30.3 Å². The molecule has 1 fully saturated rings. The number of carbonyl (C=O) groups excluding carboxylic acids is 2. The van der Waals surface area contributed by atoms with Gasteiger partial charge in [-0.2, -0.15) is 0 Å². The van der Waals surface area contributed by atoms with Gasteiger partial charge in [0.25, 0.3) is 11.8 Å². The molecule has 0 bridgehead atoms. The van der Waals surface area contributed by atoms with E-state index in [2.05, 4.69) is 34.1 Å². The Balaban J connectivity index is 1.61. The zero-order chi connectivity index (χ0) is 27.7. The maximum Gasteiger partial charge on any atom is 0.268 e. The highest BCUT2D eigenvalue weighted by atomic mass is 35.5. The summed E-state index contributed by atoms with van der Waals surface area (Å²) < 4.78 is 35.6. The number of anilines is 1. The molecular weight excluding hydrogens is 528 g/mol. The van der Waals surface area contributed by atoms with E-state index in [1.807, 2.05) is 0 Å². The number of amides is 2. The normalized spacial score (nSPS) is 17.5. The van der Waals surface area contributed by atoms with E-state index in [9.17, 15) is 18.4 Å². The first-order valence-corrected chi connectivity index (χ1v) is 12.5. The van der Waals surface area contributed by atoms with Crippen molar-refractivity contribution in [1.29, 1.82) is 0 Å². The molecule has 0 radical (unpaired) electrons. The Labute approximate surface area is 228 Å². The lowest BCUT2D eigenvalue weighted by atomic mass is 10.1. The number of benzene rings is 1. The SMILES string of the molecule is C=CC(=O)N1CC(F)(F)C[C@@H]1C#Cc1cnccc1-c1cc2c(n1Nc1cccc(Cl)c1OC)CCNC2=O. The van der Waals surface area contributed by atoms with Crippen molar-refractivity contribution in [2.24, 2.45) is 0 Å². The summed E-state index contributed by atoms with van der Waals surface area (Å²) in [5.41, 5.74) is 6.77. The zero-order valence-electron chi connectivity index (χ0n) is 20.9. The minimum Gasteiger partial charge on any atom is -0.493 e. The van der Waals surface area contributed by atoms with Crippen LogP contribution < -0.4 is 15.5 Å². The molecule has 1 saturated heterocycles. The molecule has 3 aromatic rings. The smallest absolute Gasteiger partial charge is 0.268 e. The highest BCUT2D eigenvalue weighted by Gasteiger charge is 2.45. The number of carbonyl (C=O) groups is 2. The van der Waals surface area contributed by atoms with E-state index < -0.39 is 30.8 Å². The van der Waals surface area contributed by atoms with Crippen molar-refractivity contribution < 1.29 is 23.1 Å². The van der Waals surface area contributed by atoms with Gasteiger partial charge in [-0.15, -0.1) is 0 Å². The molecule has 2 aliphatic heterocycles. The van der Waals surface area contributed by atoms with Crippen molar-refractivity contribution in [1.82, 2.24) is 19.9 Å². The van der Waals surface area contributed by atoms with Crippen LogP contribution >= 0.6 is 11.6 Å². The predicted molar refractivity (Wildman–Crippen MR) is 143 cm³/mol. The largest absolute Gasteiger partial charge is 0.493 e. The van der Waals surface area contributed by atoms with Crippen LogP contribution in [0.4, 0.5) is 14.5 Å². The fourth-order valence-corrected chi connectivity index (χ4v) is 5.06. The number of nitrogens with zero attached hydrogens (tertiary/aromatic N) is 3. The number of likely N-dealkylation sites (tertiary alicyclic amines) is 1. The number of para-hydroxylation sites is 1. The van der Waals surface area contributed by atoms with Crippen molar-refractivity contribution in [3.05, 3.63) is 77.2 Å². The van der Waals surface area contributed by atoms with Crippen molar-refractivity contribution in [3.8, 4) is 28.8 Å². The lowest BCUT2D eigenvalue weighted by Gasteiger charge is -2.21. The number of ether oxygens (including phenoxy) is 1. The fourth-order valence-electron chi connectivity index (χ4n) is 4.81.